The van der Waals surface area contributed by atoms with Gasteiger partial charge in [-0.25, -0.2) is 4.98 Å². The van der Waals surface area contributed by atoms with E-state index >= 15 is 0 Å². The zero-order valence-corrected chi connectivity index (χ0v) is 12.0. The predicted molar refractivity (Wildman–Crippen MR) is 73.7 cm³/mol. The molecule has 0 aliphatic heterocycles. The van der Waals surface area contributed by atoms with Crippen LogP contribution in [-0.2, 0) is 0 Å². The molecule has 0 saturated heterocycles. The average molecular weight is 313 g/mol. The van der Waals surface area contributed by atoms with Crippen molar-refractivity contribution in [2.45, 2.75) is 6.04 Å². The third-order valence-corrected chi connectivity index (χ3v) is 4.06. The maximum Gasteiger partial charge on any atom is 0.119 e. The van der Waals surface area contributed by atoms with Crippen LogP contribution in [-0.4, -0.2) is 19.1 Å². The van der Waals surface area contributed by atoms with Crippen molar-refractivity contribution < 1.29 is 4.74 Å². The Morgan fingerprint density at radius 3 is 2.88 bits per heavy atom. The summed E-state index contributed by atoms with van der Waals surface area (Å²) in [5.74, 6) is 0.847. The van der Waals surface area contributed by atoms with Crippen LogP contribution < -0.4 is 10.1 Å². The molecule has 0 spiro atoms. The Morgan fingerprint density at radius 2 is 2.29 bits per heavy atom. The van der Waals surface area contributed by atoms with E-state index in [4.69, 9.17) is 4.74 Å². The number of rotatable bonds is 4. The van der Waals surface area contributed by atoms with Crippen LogP contribution in [0.3, 0.4) is 0 Å². The first-order valence-corrected chi connectivity index (χ1v) is 6.83. The SMILES string of the molecule is CNC(c1nccs1)c1cc(OC)ccc1Br. The number of methoxy groups -OCH3 is 1. The Morgan fingerprint density at radius 1 is 1.47 bits per heavy atom. The normalized spacial score (nSPS) is 12.4. The molecular formula is C12H13BrN2OS. The van der Waals surface area contributed by atoms with Crippen molar-refractivity contribution in [3.8, 4) is 5.75 Å². The number of nitrogens with zero attached hydrogens (tertiary/aromatic N) is 1. The second kappa shape index (κ2) is 5.62. The van der Waals surface area contributed by atoms with Crippen molar-refractivity contribution >= 4 is 27.3 Å². The largest absolute Gasteiger partial charge is 0.497 e. The number of ether oxygens (including phenoxy) is 1. The summed E-state index contributed by atoms with van der Waals surface area (Å²) in [6.45, 7) is 0. The Labute approximate surface area is 113 Å². The van der Waals surface area contributed by atoms with Gasteiger partial charge in [0, 0.05) is 16.0 Å². The van der Waals surface area contributed by atoms with E-state index in [2.05, 4.69) is 26.2 Å². The van der Waals surface area contributed by atoms with Gasteiger partial charge in [-0.1, -0.05) is 15.9 Å². The van der Waals surface area contributed by atoms with E-state index in [1.807, 2.05) is 36.8 Å². The molecule has 1 unspecified atom stereocenters. The van der Waals surface area contributed by atoms with Crippen LogP contribution in [0.1, 0.15) is 16.6 Å². The smallest absolute Gasteiger partial charge is 0.119 e. The molecule has 0 saturated carbocycles. The number of benzene rings is 1. The van der Waals surface area contributed by atoms with Crippen LogP contribution in [0.15, 0.2) is 34.2 Å². The number of hydrogen-bond donors (Lipinski definition) is 1. The van der Waals surface area contributed by atoms with Crippen molar-refractivity contribution in [1.29, 1.82) is 0 Å². The van der Waals surface area contributed by atoms with Crippen molar-refractivity contribution in [3.05, 3.63) is 44.8 Å². The van der Waals surface area contributed by atoms with E-state index in [1.165, 1.54) is 0 Å². The van der Waals surface area contributed by atoms with E-state index < -0.39 is 0 Å². The zero-order valence-electron chi connectivity index (χ0n) is 9.61. The molecule has 17 heavy (non-hydrogen) atoms. The minimum Gasteiger partial charge on any atom is -0.497 e. The molecule has 0 amide bonds. The summed E-state index contributed by atoms with van der Waals surface area (Å²) in [5, 5.41) is 6.30. The third-order valence-electron chi connectivity index (χ3n) is 2.50. The Bertz CT molecular complexity index is 487. The van der Waals surface area contributed by atoms with Gasteiger partial charge >= 0.3 is 0 Å². The van der Waals surface area contributed by atoms with Gasteiger partial charge in [0.2, 0.25) is 0 Å². The van der Waals surface area contributed by atoms with Gasteiger partial charge in [0.05, 0.1) is 13.2 Å². The highest BCUT2D eigenvalue weighted by Crippen LogP contribution is 2.32. The number of halogens is 1. The van der Waals surface area contributed by atoms with Crippen LogP contribution in [0, 0.1) is 0 Å². The van der Waals surface area contributed by atoms with Crippen LogP contribution >= 0.6 is 27.3 Å². The molecule has 0 radical (unpaired) electrons. The van der Waals surface area contributed by atoms with Gasteiger partial charge < -0.3 is 10.1 Å². The lowest BCUT2D eigenvalue weighted by molar-refractivity contribution is 0.413. The fourth-order valence-corrected chi connectivity index (χ4v) is 2.90. The van der Waals surface area contributed by atoms with Crippen LogP contribution in [0.2, 0.25) is 0 Å². The number of nitrogens with one attached hydrogen (secondary N) is 1. The lowest BCUT2D eigenvalue weighted by Crippen LogP contribution is -2.18. The Kier molecular flexibility index (Phi) is 4.15. The van der Waals surface area contributed by atoms with E-state index in [0.717, 1.165) is 20.8 Å². The zero-order chi connectivity index (χ0) is 12.3. The summed E-state index contributed by atoms with van der Waals surface area (Å²) in [6.07, 6.45) is 1.82. The highest BCUT2D eigenvalue weighted by Gasteiger charge is 2.17. The van der Waals surface area contributed by atoms with Gasteiger partial charge in [0.1, 0.15) is 10.8 Å². The summed E-state index contributed by atoms with van der Waals surface area (Å²) in [5.41, 5.74) is 1.13. The topological polar surface area (TPSA) is 34.2 Å². The molecule has 2 aromatic rings. The van der Waals surface area contributed by atoms with Crippen molar-refractivity contribution in [2.75, 3.05) is 14.2 Å². The fourth-order valence-electron chi connectivity index (χ4n) is 1.66. The second-order valence-corrected chi connectivity index (χ2v) is 5.26. The number of thiazole rings is 1. The van der Waals surface area contributed by atoms with Crippen molar-refractivity contribution in [3.63, 3.8) is 0 Å². The van der Waals surface area contributed by atoms with Gasteiger partial charge in [-0.05, 0) is 30.8 Å². The summed E-state index contributed by atoms with van der Waals surface area (Å²) in [6, 6.07) is 6.03. The Hall–Kier alpha value is -0.910. The molecule has 3 nitrogen and oxygen atoms in total. The van der Waals surface area contributed by atoms with E-state index in [9.17, 15) is 0 Å². The van der Waals surface area contributed by atoms with Gasteiger partial charge in [0.15, 0.2) is 0 Å². The minimum absolute atomic E-state index is 0.0828. The quantitative estimate of drug-likeness (QED) is 0.941. The molecule has 0 fully saturated rings. The number of aromatic nitrogens is 1. The first-order chi connectivity index (χ1) is 8.26. The summed E-state index contributed by atoms with van der Waals surface area (Å²) in [7, 11) is 3.60. The monoisotopic (exact) mass is 312 g/mol. The summed E-state index contributed by atoms with van der Waals surface area (Å²) < 4.78 is 6.31. The van der Waals surface area contributed by atoms with Crippen molar-refractivity contribution in [1.82, 2.24) is 10.3 Å². The third kappa shape index (κ3) is 2.68. The van der Waals surface area contributed by atoms with Gasteiger partial charge in [-0.3, -0.25) is 0 Å². The fraction of sp³-hybridized carbons (Fsp3) is 0.250. The van der Waals surface area contributed by atoms with Gasteiger partial charge in [-0.15, -0.1) is 11.3 Å². The minimum atomic E-state index is 0.0828. The average Bonchev–Trinajstić information content (AvgIpc) is 2.86. The molecular weight excluding hydrogens is 300 g/mol. The molecule has 1 aromatic heterocycles. The van der Waals surface area contributed by atoms with Crippen LogP contribution in [0.25, 0.3) is 0 Å². The maximum atomic E-state index is 5.26. The second-order valence-electron chi connectivity index (χ2n) is 3.48. The first kappa shape index (κ1) is 12.5. The molecule has 90 valence electrons. The molecule has 1 N–H and O–H groups in total. The number of hydrogen-bond acceptors (Lipinski definition) is 4. The molecule has 2 rings (SSSR count). The molecule has 5 heteroatoms. The highest BCUT2D eigenvalue weighted by atomic mass is 79.9. The van der Waals surface area contributed by atoms with E-state index in [0.29, 0.717) is 0 Å². The highest BCUT2D eigenvalue weighted by molar-refractivity contribution is 9.10. The molecule has 0 bridgehead atoms. The lowest BCUT2D eigenvalue weighted by atomic mass is 10.1. The van der Waals surface area contributed by atoms with Gasteiger partial charge in [0.25, 0.3) is 0 Å². The molecule has 1 heterocycles. The van der Waals surface area contributed by atoms with E-state index in [1.54, 1.807) is 18.4 Å². The van der Waals surface area contributed by atoms with Gasteiger partial charge in [-0.2, -0.15) is 0 Å². The molecule has 0 aliphatic carbocycles. The molecule has 1 atom stereocenters. The van der Waals surface area contributed by atoms with Crippen LogP contribution in [0.4, 0.5) is 0 Å². The first-order valence-electron chi connectivity index (χ1n) is 5.16. The summed E-state index contributed by atoms with van der Waals surface area (Å²) in [4.78, 5) is 4.35. The Balaban J connectivity index is 2.43. The molecule has 1 aromatic carbocycles. The van der Waals surface area contributed by atoms with Crippen molar-refractivity contribution in [2.24, 2.45) is 0 Å². The lowest BCUT2D eigenvalue weighted by Gasteiger charge is -2.16. The summed E-state index contributed by atoms with van der Waals surface area (Å²) >= 11 is 5.21. The van der Waals surface area contributed by atoms with Crippen LogP contribution in [0.5, 0.6) is 5.75 Å². The standard InChI is InChI=1S/C12H13BrN2OS/c1-14-11(12-15-5-6-17-12)9-7-8(16-2)3-4-10(9)13/h3-7,11,14H,1-2H3. The maximum absolute atomic E-state index is 5.26. The van der Waals surface area contributed by atoms with E-state index in [-0.39, 0.29) is 6.04 Å². The molecule has 0 aliphatic rings. The predicted octanol–water partition coefficient (Wildman–Crippen LogP) is 3.22.